The van der Waals surface area contributed by atoms with E-state index >= 15 is 0 Å². The normalized spacial score (nSPS) is 30.7. The lowest BCUT2D eigenvalue weighted by molar-refractivity contribution is -0.155. The van der Waals surface area contributed by atoms with Crippen molar-refractivity contribution >= 4 is 11.9 Å². The van der Waals surface area contributed by atoms with Gasteiger partial charge in [0.05, 0.1) is 5.92 Å². The summed E-state index contributed by atoms with van der Waals surface area (Å²) in [5.74, 6) is -0.518. The molecule has 1 N–H and O–H groups in total. The number of likely N-dealkylation sites (tertiary alicyclic amines) is 1. The highest BCUT2D eigenvalue weighted by molar-refractivity contribution is 5.80. The Morgan fingerprint density at radius 2 is 2.06 bits per heavy atom. The molecule has 2 saturated heterocycles. The molecule has 2 rings (SSSR count). The molecule has 0 saturated carbocycles. The van der Waals surface area contributed by atoms with Crippen LogP contribution in [0.1, 0.15) is 20.3 Å². The highest BCUT2D eigenvalue weighted by Crippen LogP contribution is 2.30. The van der Waals surface area contributed by atoms with Gasteiger partial charge in [0.1, 0.15) is 0 Å². The molecule has 0 spiro atoms. The van der Waals surface area contributed by atoms with Crippen LogP contribution < -0.4 is 0 Å². The summed E-state index contributed by atoms with van der Waals surface area (Å²) in [4.78, 5) is 24.9. The Bertz CT molecular complexity index is 338. The fourth-order valence-corrected chi connectivity index (χ4v) is 2.69. The number of carbonyl (C=O) groups is 2. The molecule has 1 amide bonds. The van der Waals surface area contributed by atoms with Gasteiger partial charge in [-0.05, 0) is 12.3 Å². The van der Waals surface area contributed by atoms with Gasteiger partial charge in [0.25, 0.3) is 0 Å². The summed E-state index contributed by atoms with van der Waals surface area (Å²) in [6, 6.07) is 0. The maximum Gasteiger partial charge on any atom is 0.306 e. The Hall–Kier alpha value is -1.10. The number of amides is 1. The lowest BCUT2D eigenvalue weighted by Gasteiger charge is -2.44. The molecule has 0 aromatic carbocycles. The van der Waals surface area contributed by atoms with Gasteiger partial charge in [0.2, 0.25) is 5.91 Å². The molecule has 2 aliphatic rings. The van der Waals surface area contributed by atoms with Crippen LogP contribution >= 0.6 is 0 Å². The van der Waals surface area contributed by atoms with E-state index in [9.17, 15) is 9.59 Å². The minimum Gasteiger partial charge on any atom is -0.481 e. The summed E-state index contributed by atoms with van der Waals surface area (Å²) in [5.41, 5.74) is 0. The second kappa shape index (κ2) is 5.26. The molecule has 5 heteroatoms. The number of carbonyl (C=O) groups excluding carboxylic acids is 1. The molecule has 5 nitrogen and oxygen atoms in total. The van der Waals surface area contributed by atoms with E-state index in [4.69, 9.17) is 9.84 Å². The molecule has 3 atom stereocenters. The van der Waals surface area contributed by atoms with Gasteiger partial charge >= 0.3 is 5.97 Å². The van der Waals surface area contributed by atoms with Gasteiger partial charge in [-0.1, -0.05) is 13.8 Å². The Labute approximate surface area is 107 Å². The number of carboxylic acids is 1. The van der Waals surface area contributed by atoms with Gasteiger partial charge in [-0.15, -0.1) is 0 Å². The fourth-order valence-electron chi connectivity index (χ4n) is 2.69. The molecular formula is C13H21NO4. The van der Waals surface area contributed by atoms with E-state index in [1.54, 1.807) is 11.8 Å². The van der Waals surface area contributed by atoms with Crippen molar-refractivity contribution in [1.29, 1.82) is 0 Å². The number of carboxylic acid groups (broad SMARTS) is 1. The van der Waals surface area contributed by atoms with Crippen molar-refractivity contribution in [3.05, 3.63) is 0 Å². The molecule has 0 bridgehead atoms. The van der Waals surface area contributed by atoms with Crippen molar-refractivity contribution in [2.24, 2.45) is 23.7 Å². The molecule has 0 aliphatic carbocycles. The first-order valence-electron chi connectivity index (χ1n) is 6.60. The highest BCUT2D eigenvalue weighted by atomic mass is 16.5. The zero-order valence-electron chi connectivity index (χ0n) is 11.0. The maximum absolute atomic E-state index is 12.3. The van der Waals surface area contributed by atoms with Crippen LogP contribution in [0.5, 0.6) is 0 Å². The lowest BCUT2D eigenvalue weighted by Crippen LogP contribution is -2.56. The second-order valence-electron chi connectivity index (χ2n) is 5.58. The summed E-state index contributed by atoms with van der Waals surface area (Å²) in [6.07, 6.45) is 0.787. The summed E-state index contributed by atoms with van der Waals surface area (Å²) < 4.78 is 5.34. The van der Waals surface area contributed by atoms with Crippen LogP contribution in [0.15, 0.2) is 0 Å². The number of nitrogens with zero attached hydrogens (tertiary/aromatic N) is 1. The zero-order valence-corrected chi connectivity index (χ0v) is 11.0. The summed E-state index contributed by atoms with van der Waals surface area (Å²) in [5, 5.41) is 8.91. The van der Waals surface area contributed by atoms with E-state index in [1.807, 2.05) is 6.92 Å². The molecule has 18 heavy (non-hydrogen) atoms. The van der Waals surface area contributed by atoms with E-state index in [2.05, 4.69) is 0 Å². The third-order valence-corrected chi connectivity index (χ3v) is 4.28. The topological polar surface area (TPSA) is 66.8 Å². The number of aliphatic carboxylic acids is 1. The SMILES string of the molecule is CC1COCCC1C(=O)N1CC(C(C)C(=O)O)C1. The van der Waals surface area contributed by atoms with Crippen molar-refractivity contribution in [1.82, 2.24) is 4.90 Å². The fraction of sp³-hybridized carbons (Fsp3) is 0.846. The van der Waals surface area contributed by atoms with Crippen molar-refractivity contribution < 1.29 is 19.4 Å². The van der Waals surface area contributed by atoms with Gasteiger partial charge < -0.3 is 14.7 Å². The zero-order chi connectivity index (χ0) is 13.3. The van der Waals surface area contributed by atoms with E-state index in [-0.39, 0.29) is 29.6 Å². The Kier molecular flexibility index (Phi) is 3.90. The van der Waals surface area contributed by atoms with Crippen molar-refractivity contribution in [2.45, 2.75) is 20.3 Å². The lowest BCUT2D eigenvalue weighted by atomic mass is 9.83. The third kappa shape index (κ3) is 2.51. The van der Waals surface area contributed by atoms with Crippen LogP contribution in [0.3, 0.4) is 0 Å². The summed E-state index contributed by atoms with van der Waals surface area (Å²) in [7, 11) is 0. The van der Waals surface area contributed by atoms with E-state index in [0.717, 1.165) is 6.42 Å². The van der Waals surface area contributed by atoms with Gasteiger partial charge in [-0.3, -0.25) is 9.59 Å². The largest absolute Gasteiger partial charge is 0.481 e. The molecule has 3 unspecified atom stereocenters. The summed E-state index contributed by atoms with van der Waals surface area (Å²) >= 11 is 0. The number of ether oxygens (including phenoxy) is 1. The molecule has 2 aliphatic heterocycles. The van der Waals surface area contributed by atoms with Crippen LogP contribution in [-0.4, -0.2) is 48.2 Å². The van der Waals surface area contributed by atoms with Crippen molar-refractivity contribution in [3.8, 4) is 0 Å². The Morgan fingerprint density at radius 1 is 1.39 bits per heavy atom. The molecule has 0 aromatic heterocycles. The molecule has 102 valence electrons. The minimum atomic E-state index is -0.772. The first-order chi connectivity index (χ1) is 8.50. The maximum atomic E-state index is 12.3. The smallest absolute Gasteiger partial charge is 0.306 e. The van der Waals surface area contributed by atoms with Crippen molar-refractivity contribution in [3.63, 3.8) is 0 Å². The first-order valence-corrected chi connectivity index (χ1v) is 6.60. The van der Waals surface area contributed by atoms with E-state index in [0.29, 0.717) is 26.3 Å². The monoisotopic (exact) mass is 255 g/mol. The summed E-state index contributed by atoms with van der Waals surface area (Å²) in [6.45, 7) is 6.25. The van der Waals surface area contributed by atoms with Gasteiger partial charge in [0.15, 0.2) is 0 Å². The van der Waals surface area contributed by atoms with Crippen LogP contribution in [-0.2, 0) is 14.3 Å². The second-order valence-corrected chi connectivity index (χ2v) is 5.58. The minimum absolute atomic E-state index is 0.0554. The van der Waals surface area contributed by atoms with Crippen LogP contribution in [0, 0.1) is 23.7 Å². The quantitative estimate of drug-likeness (QED) is 0.811. The number of rotatable bonds is 3. The standard InChI is InChI=1S/C13H21NO4/c1-8-7-18-4-3-11(8)12(15)14-5-10(6-14)9(2)13(16)17/h8-11H,3-7H2,1-2H3,(H,16,17). The van der Waals surface area contributed by atoms with Crippen LogP contribution in [0.2, 0.25) is 0 Å². The van der Waals surface area contributed by atoms with Crippen LogP contribution in [0.25, 0.3) is 0 Å². The van der Waals surface area contributed by atoms with Crippen molar-refractivity contribution in [2.75, 3.05) is 26.3 Å². The number of hydrogen-bond acceptors (Lipinski definition) is 3. The first kappa shape index (κ1) is 13.3. The Balaban J connectivity index is 1.84. The van der Waals surface area contributed by atoms with Gasteiger partial charge in [0, 0.05) is 38.1 Å². The van der Waals surface area contributed by atoms with Gasteiger partial charge in [-0.25, -0.2) is 0 Å². The molecule has 0 aromatic rings. The van der Waals surface area contributed by atoms with Gasteiger partial charge in [-0.2, -0.15) is 0 Å². The highest BCUT2D eigenvalue weighted by Gasteiger charge is 2.40. The molecule has 2 fully saturated rings. The molecule has 2 heterocycles. The Morgan fingerprint density at radius 3 is 2.61 bits per heavy atom. The third-order valence-electron chi connectivity index (χ3n) is 4.28. The number of hydrogen-bond donors (Lipinski definition) is 1. The van der Waals surface area contributed by atoms with Crippen LogP contribution in [0.4, 0.5) is 0 Å². The van der Waals surface area contributed by atoms with E-state index in [1.165, 1.54) is 0 Å². The average Bonchev–Trinajstić information content (AvgIpc) is 2.27. The van der Waals surface area contributed by atoms with E-state index < -0.39 is 5.97 Å². The molecule has 0 radical (unpaired) electrons. The predicted octanol–water partition coefficient (Wildman–Crippen LogP) is 0.838. The molecular weight excluding hydrogens is 234 g/mol. The predicted molar refractivity (Wildman–Crippen MR) is 65.0 cm³/mol. The average molecular weight is 255 g/mol.